The van der Waals surface area contributed by atoms with Gasteiger partial charge in [-0.2, -0.15) is 13.2 Å². The van der Waals surface area contributed by atoms with Gasteiger partial charge in [0.05, 0.1) is 12.7 Å². The summed E-state index contributed by atoms with van der Waals surface area (Å²) >= 11 is 0. The molecule has 1 N–H and O–H groups in total. The number of H-pyrrole nitrogens is 1. The number of aromatic amines is 1. The molecule has 1 aromatic heterocycles. The van der Waals surface area contributed by atoms with Crippen molar-refractivity contribution in [1.29, 1.82) is 0 Å². The topological polar surface area (TPSA) is 55.0 Å². The second-order valence-electron chi connectivity index (χ2n) is 3.24. The van der Waals surface area contributed by atoms with Gasteiger partial charge in [-0.3, -0.25) is 4.79 Å². The Morgan fingerprint density at radius 2 is 2.19 bits per heavy atom. The first-order valence-electron chi connectivity index (χ1n) is 4.64. The number of hydrogen-bond acceptors (Lipinski definition) is 3. The van der Waals surface area contributed by atoms with E-state index in [0.29, 0.717) is 5.82 Å². The summed E-state index contributed by atoms with van der Waals surface area (Å²) in [5, 5.41) is 0. The number of nitrogens with zero attached hydrogens (tertiary/aromatic N) is 1. The Morgan fingerprint density at radius 1 is 1.50 bits per heavy atom. The van der Waals surface area contributed by atoms with Crippen molar-refractivity contribution in [3.05, 3.63) is 22.2 Å². The predicted molar refractivity (Wildman–Crippen MR) is 50.4 cm³/mol. The molecule has 0 bridgehead atoms. The van der Waals surface area contributed by atoms with Crippen molar-refractivity contribution < 1.29 is 17.9 Å². The van der Waals surface area contributed by atoms with E-state index in [9.17, 15) is 18.0 Å². The zero-order chi connectivity index (χ0) is 12.2. The quantitative estimate of drug-likeness (QED) is 0.811. The summed E-state index contributed by atoms with van der Waals surface area (Å²) in [7, 11) is 0. The van der Waals surface area contributed by atoms with E-state index in [4.69, 9.17) is 4.74 Å². The minimum Gasteiger partial charge on any atom is -0.477 e. The first-order chi connectivity index (χ1) is 7.37. The summed E-state index contributed by atoms with van der Waals surface area (Å²) in [4.78, 5) is 17.2. The van der Waals surface area contributed by atoms with Crippen LogP contribution in [0.2, 0.25) is 0 Å². The lowest BCUT2D eigenvalue weighted by Crippen LogP contribution is -2.12. The molecule has 0 aliphatic heterocycles. The van der Waals surface area contributed by atoms with E-state index >= 15 is 0 Å². The number of nitrogens with one attached hydrogen (secondary N) is 1. The van der Waals surface area contributed by atoms with Crippen LogP contribution >= 0.6 is 0 Å². The molecule has 0 saturated heterocycles. The number of halogens is 3. The number of hydrogen-bond donors (Lipinski definition) is 1. The zero-order valence-electron chi connectivity index (χ0n) is 8.60. The number of aryl methyl sites for hydroxylation is 1. The van der Waals surface area contributed by atoms with Crippen LogP contribution in [0.25, 0.3) is 0 Å². The van der Waals surface area contributed by atoms with Crippen LogP contribution in [0.3, 0.4) is 0 Å². The van der Waals surface area contributed by atoms with Crippen molar-refractivity contribution in [1.82, 2.24) is 9.97 Å². The average Bonchev–Trinajstić information content (AvgIpc) is 2.09. The third-order valence-corrected chi connectivity index (χ3v) is 1.69. The van der Waals surface area contributed by atoms with Gasteiger partial charge in [-0.15, -0.1) is 0 Å². The lowest BCUT2D eigenvalue weighted by molar-refractivity contribution is -0.136. The summed E-state index contributed by atoms with van der Waals surface area (Å²) in [5.74, 6) is 0.404. The molecular weight excluding hydrogens is 225 g/mol. The Labute approximate surface area is 89.5 Å². The molecule has 0 amide bonds. The summed E-state index contributed by atoms with van der Waals surface area (Å²) in [6.07, 6.45) is -5.24. The highest BCUT2D eigenvalue weighted by Gasteiger charge is 2.26. The van der Waals surface area contributed by atoms with Crippen molar-refractivity contribution in [2.75, 3.05) is 6.61 Å². The molecule has 7 heteroatoms. The maximum atomic E-state index is 11.8. The van der Waals surface area contributed by atoms with Gasteiger partial charge in [0.2, 0.25) is 5.88 Å². The first kappa shape index (κ1) is 12.5. The van der Waals surface area contributed by atoms with E-state index in [1.807, 2.05) is 0 Å². The van der Waals surface area contributed by atoms with E-state index in [0.717, 1.165) is 6.07 Å². The molecule has 0 fully saturated rings. The average molecular weight is 236 g/mol. The van der Waals surface area contributed by atoms with E-state index in [2.05, 4.69) is 9.97 Å². The highest BCUT2D eigenvalue weighted by molar-refractivity contribution is 5.07. The standard InChI is InChI=1S/C9H11F3N2O2/c1-6-13-7(15)5-8(14-6)16-4-2-3-9(10,11)12/h5H,2-4H2,1H3,(H,13,14,15). The molecule has 1 heterocycles. The molecule has 0 saturated carbocycles. The number of rotatable bonds is 4. The zero-order valence-corrected chi connectivity index (χ0v) is 8.60. The van der Waals surface area contributed by atoms with Gasteiger partial charge in [0, 0.05) is 6.42 Å². The fraction of sp³-hybridized carbons (Fsp3) is 0.556. The SMILES string of the molecule is Cc1nc(OCCCC(F)(F)F)cc(=O)[nH]1. The number of alkyl halides is 3. The molecule has 90 valence electrons. The van der Waals surface area contributed by atoms with Crippen LogP contribution in [0.1, 0.15) is 18.7 Å². The normalized spacial score (nSPS) is 11.5. The molecule has 1 rings (SSSR count). The molecule has 0 aliphatic rings. The summed E-state index contributed by atoms with van der Waals surface area (Å²) in [5.41, 5.74) is -0.390. The fourth-order valence-electron chi connectivity index (χ4n) is 1.08. The molecular formula is C9H11F3N2O2. The predicted octanol–water partition coefficient (Wildman–Crippen LogP) is 1.80. The highest BCUT2D eigenvalue weighted by atomic mass is 19.4. The van der Waals surface area contributed by atoms with Gasteiger partial charge < -0.3 is 9.72 Å². The van der Waals surface area contributed by atoms with Gasteiger partial charge in [-0.1, -0.05) is 0 Å². The fourth-order valence-corrected chi connectivity index (χ4v) is 1.08. The van der Waals surface area contributed by atoms with E-state index < -0.39 is 18.2 Å². The second kappa shape index (κ2) is 5.00. The van der Waals surface area contributed by atoms with Crippen LogP contribution in [0.15, 0.2) is 10.9 Å². The van der Waals surface area contributed by atoms with Gasteiger partial charge in [0.25, 0.3) is 5.56 Å². The molecule has 0 radical (unpaired) electrons. The maximum Gasteiger partial charge on any atom is 0.389 e. The molecule has 4 nitrogen and oxygen atoms in total. The third-order valence-electron chi connectivity index (χ3n) is 1.69. The minimum atomic E-state index is -4.18. The van der Waals surface area contributed by atoms with Crippen molar-refractivity contribution >= 4 is 0 Å². The van der Waals surface area contributed by atoms with Crippen LogP contribution in [0.5, 0.6) is 5.88 Å². The van der Waals surface area contributed by atoms with Crippen LogP contribution < -0.4 is 10.3 Å². The molecule has 0 atom stereocenters. The monoisotopic (exact) mass is 236 g/mol. The van der Waals surface area contributed by atoms with Gasteiger partial charge in [-0.25, -0.2) is 4.98 Å². The van der Waals surface area contributed by atoms with Crippen molar-refractivity contribution in [3.63, 3.8) is 0 Å². The van der Waals surface area contributed by atoms with Gasteiger partial charge in [-0.05, 0) is 13.3 Å². The van der Waals surface area contributed by atoms with Crippen LogP contribution in [0.4, 0.5) is 13.2 Å². The van der Waals surface area contributed by atoms with E-state index in [1.54, 1.807) is 6.92 Å². The Balaban J connectivity index is 2.40. The highest BCUT2D eigenvalue weighted by Crippen LogP contribution is 2.21. The Kier molecular flexibility index (Phi) is 3.92. The van der Waals surface area contributed by atoms with E-state index in [-0.39, 0.29) is 18.9 Å². The maximum absolute atomic E-state index is 11.8. The molecule has 0 unspecified atom stereocenters. The smallest absolute Gasteiger partial charge is 0.389 e. The minimum absolute atomic E-state index is 0.0448. The lowest BCUT2D eigenvalue weighted by Gasteiger charge is -2.07. The Hall–Kier alpha value is -1.53. The van der Waals surface area contributed by atoms with Gasteiger partial charge in [0.15, 0.2) is 0 Å². The van der Waals surface area contributed by atoms with Gasteiger partial charge in [0.1, 0.15) is 5.82 Å². The van der Waals surface area contributed by atoms with Crippen LogP contribution in [-0.4, -0.2) is 22.8 Å². The number of aromatic nitrogens is 2. The Bertz CT molecular complexity index is 400. The summed E-state index contributed by atoms with van der Waals surface area (Å²) in [6.45, 7) is 1.44. The van der Waals surface area contributed by atoms with Gasteiger partial charge >= 0.3 is 6.18 Å². The Morgan fingerprint density at radius 3 is 2.75 bits per heavy atom. The molecule has 16 heavy (non-hydrogen) atoms. The number of ether oxygens (including phenoxy) is 1. The van der Waals surface area contributed by atoms with Crippen LogP contribution in [0, 0.1) is 6.92 Å². The third kappa shape index (κ3) is 4.81. The largest absolute Gasteiger partial charge is 0.477 e. The molecule has 1 aromatic rings. The lowest BCUT2D eigenvalue weighted by atomic mass is 10.3. The van der Waals surface area contributed by atoms with Crippen molar-refractivity contribution in [2.24, 2.45) is 0 Å². The second-order valence-corrected chi connectivity index (χ2v) is 3.24. The molecule has 0 aromatic carbocycles. The summed E-state index contributed by atoms with van der Waals surface area (Å²) in [6, 6.07) is 1.10. The van der Waals surface area contributed by atoms with Crippen molar-refractivity contribution in [3.8, 4) is 5.88 Å². The van der Waals surface area contributed by atoms with Crippen molar-refractivity contribution in [2.45, 2.75) is 25.9 Å². The van der Waals surface area contributed by atoms with Crippen LogP contribution in [-0.2, 0) is 0 Å². The van der Waals surface area contributed by atoms with E-state index in [1.165, 1.54) is 0 Å². The molecule has 0 spiro atoms. The molecule has 0 aliphatic carbocycles. The summed E-state index contributed by atoms with van der Waals surface area (Å²) < 4.78 is 40.3. The first-order valence-corrected chi connectivity index (χ1v) is 4.64.